The molecule has 0 atom stereocenters. The van der Waals surface area contributed by atoms with Crippen molar-refractivity contribution in [2.45, 2.75) is 38.0 Å². The molecule has 0 heterocycles. The quantitative estimate of drug-likeness (QED) is 0.773. The number of amides is 1. The summed E-state index contributed by atoms with van der Waals surface area (Å²) in [5, 5.41) is 3.64. The van der Waals surface area contributed by atoms with E-state index in [4.69, 9.17) is 11.6 Å². The standard InChI is InChI=1S/C20H22ClNO/c21-18-10-12-19(13-11-18)22-20(23)14-15-6-8-17(9-7-15)16-4-2-1-3-5-16/h1-5,10-13,15,17H,6-9,14H2,(H,22,23)/t15-,17-. The lowest BCUT2D eigenvalue weighted by Gasteiger charge is -2.28. The average Bonchev–Trinajstić information content (AvgIpc) is 2.58. The van der Waals surface area contributed by atoms with Crippen LogP contribution in [0.3, 0.4) is 0 Å². The topological polar surface area (TPSA) is 29.1 Å². The summed E-state index contributed by atoms with van der Waals surface area (Å²) in [5.41, 5.74) is 2.26. The molecule has 2 aromatic carbocycles. The summed E-state index contributed by atoms with van der Waals surface area (Å²) >= 11 is 5.86. The zero-order valence-electron chi connectivity index (χ0n) is 13.2. The maximum atomic E-state index is 12.2. The fourth-order valence-corrected chi connectivity index (χ4v) is 3.56. The van der Waals surface area contributed by atoms with Crippen LogP contribution in [0.1, 0.15) is 43.6 Å². The van der Waals surface area contributed by atoms with Gasteiger partial charge in [0.2, 0.25) is 5.91 Å². The predicted molar refractivity (Wildman–Crippen MR) is 95.8 cm³/mol. The van der Waals surface area contributed by atoms with E-state index in [0.717, 1.165) is 18.5 Å². The molecule has 1 fully saturated rings. The highest BCUT2D eigenvalue weighted by molar-refractivity contribution is 6.30. The minimum atomic E-state index is 0.107. The molecule has 1 N–H and O–H groups in total. The van der Waals surface area contributed by atoms with E-state index in [1.54, 1.807) is 12.1 Å². The van der Waals surface area contributed by atoms with Gasteiger partial charge in [0.1, 0.15) is 0 Å². The van der Waals surface area contributed by atoms with Gasteiger partial charge in [0, 0.05) is 17.1 Å². The maximum absolute atomic E-state index is 12.2. The zero-order valence-corrected chi connectivity index (χ0v) is 13.9. The molecule has 0 aliphatic heterocycles. The summed E-state index contributed by atoms with van der Waals surface area (Å²) in [7, 11) is 0. The van der Waals surface area contributed by atoms with Crippen LogP contribution in [0.2, 0.25) is 5.02 Å². The van der Waals surface area contributed by atoms with Crippen molar-refractivity contribution < 1.29 is 4.79 Å². The number of hydrogen-bond acceptors (Lipinski definition) is 1. The SMILES string of the molecule is O=C(C[C@H]1CC[C@H](c2ccccc2)CC1)Nc1ccc(Cl)cc1. The highest BCUT2D eigenvalue weighted by Crippen LogP contribution is 2.37. The highest BCUT2D eigenvalue weighted by Gasteiger charge is 2.23. The van der Waals surface area contributed by atoms with Crippen LogP contribution in [-0.4, -0.2) is 5.91 Å². The highest BCUT2D eigenvalue weighted by atomic mass is 35.5. The van der Waals surface area contributed by atoms with Crippen LogP contribution >= 0.6 is 11.6 Å². The molecule has 3 rings (SSSR count). The smallest absolute Gasteiger partial charge is 0.224 e. The number of benzene rings is 2. The fourth-order valence-electron chi connectivity index (χ4n) is 3.43. The van der Waals surface area contributed by atoms with Gasteiger partial charge in [0.25, 0.3) is 0 Å². The Kier molecular flexibility index (Phi) is 5.35. The number of anilines is 1. The lowest BCUT2D eigenvalue weighted by Crippen LogP contribution is -2.20. The summed E-state index contributed by atoms with van der Waals surface area (Å²) in [6, 6.07) is 18.0. The monoisotopic (exact) mass is 327 g/mol. The van der Waals surface area contributed by atoms with E-state index in [0.29, 0.717) is 23.3 Å². The largest absolute Gasteiger partial charge is 0.326 e. The van der Waals surface area contributed by atoms with Gasteiger partial charge in [0.05, 0.1) is 0 Å². The van der Waals surface area contributed by atoms with Crippen molar-refractivity contribution in [2.75, 3.05) is 5.32 Å². The minimum absolute atomic E-state index is 0.107. The molecule has 2 nitrogen and oxygen atoms in total. The number of halogens is 1. The summed E-state index contributed by atoms with van der Waals surface area (Å²) in [4.78, 5) is 12.2. The summed E-state index contributed by atoms with van der Waals surface area (Å²) in [5.74, 6) is 1.27. The molecule has 0 unspecified atom stereocenters. The Morgan fingerprint density at radius 1 is 0.957 bits per heavy atom. The van der Waals surface area contributed by atoms with Crippen molar-refractivity contribution in [3.63, 3.8) is 0 Å². The number of hydrogen-bond donors (Lipinski definition) is 1. The van der Waals surface area contributed by atoms with Crippen molar-refractivity contribution in [2.24, 2.45) is 5.92 Å². The first-order valence-electron chi connectivity index (χ1n) is 8.31. The van der Waals surface area contributed by atoms with Crippen LogP contribution in [-0.2, 0) is 4.79 Å². The Morgan fingerprint density at radius 2 is 1.61 bits per heavy atom. The molecule has 0 radical (unpaired) electrons. The maximum Gasteiger partial charge on any atom is 0.224 e. The first-order chi connectivity index (χ1) is 11.2. The zero-order chi connectivity index (χ0) is 16.1. The fraction of sp³-hybridized carbons (Fsp3) is 0.350. The molecule has 23 heavy (non-hydrogen) atoms. The Morgan fingerprint density at radius 3 is 2.26 bits per heavy atom. The average molecular weight is 328 g/mol. The van der Waals surface area contributed by atoms with Gasteiger partial charge in [-0.05, 0) is 67.3 Å². The number of nitrogens with one attached hydrogen (secondary N) is 1. The molecule has 0 bridgehead atoms. The lowest BCUT2D eigenvalue weighted by atomic mass is 9.77. The molecule has 120 valence electrons. The molecule has 2 aromatic rings. The third-order valence-corrected chi connectivity index (χ3v) is 4.97. The molecule has 1 aliphatic carbocycles. The van der Waals surface area contributed by atoms with Crippen molar-refractivity contribution in [1.29, 1.82) is 0 Å². The van der Waals surface area contributed by atoms with Crippen molar-refractivity contribution in [3.05, 3.63) is 65.2 Å². The molecule has 0 aromatic heterocycles. The lowest BCUT2D eigenvalue weighted by molar-refractivity contribution is -0.117. The van der Waals surface area contributed by atoms with Gasteiger partial charge in [-0.2, -0.15) is 0 Å². The van der Waals surface area contributed by atoms with Crippen molar-refractivity contribution in [1.82, 2.24) is 0 Å². The van der Waals surface area contributed by atoms with Gasteiger partial charge in [-0.3, -0.25) is 4.79 Å². The number of carbonyl (C=O) groups is 1. The molecular formula is C20H22ClNO. The molecule has 1 amide bonds. The van der Waals surface area contributed by atoms with Gasteiger partial charge in [0.15, 0.2) is 0 Å². The van der Waals surface area contributed by atoms with E-state index in [1.165, 1.54) is 18.4 Å². The van der Waals surface area contributed by atoms with Gasteiger partial charge in [-0.15, -0.1) is 0 Å². The van der Waals surface area contributed by atoms with E-state index < -0.39 is 0 Å². The van der Waals surface area contributed by atoms with Gasteiger partial charge >= 0.3 is 0 Å². The Hall–Kier alpha value is -1.80. The van der Waals surface area contributed by atoms with E-state index >= 15 is 0 Å². The Labute approximate surface area is 142 Å². The van der Waals surface area contributed by atoms with Crippen LogP contribution in [0.4, 0.5) is 5.69 Å². The molecule has 0 spiro atoms. The molecule has 0 saturated heterocycles. The minimum Gasteiger partial charge on any atom is -0.326 e. The van der Waals surface area contributed by atoms with Gasteiger partial charge in [-0.1, -0.05) is 41.9 Å². The first-order valence-corrected chi connectivity index (χ1v) is 8.69. The van der Waals surface area contributed by atoms with E-state index in [-0.39, 0.29) is 5.91 Å². The van der Waals surface area contributed by atoms with Crippen LogP contribution in [0.15, 0.2) is 54.6 Å². The van der Waals surface area contributed by atoms with Gasteiger partial charge < -0.3 is 5.32 Å². The van der Waals surface area contributed by atoms with Crippen LogP contribution < -0.4 is 5.32 Å². The van der Waals surface area contributed by atoms with Crippen molar-refractivity contribution in [3.8, 4) is 0 Å². The predicted octanol–water partition coefficient (Wildman–Crippen LogP) is 5.64. The summed E-state index contributed by atoms with van der Waals surface area (Å²) in [6.07, 6.45) is 5.25. The molecular weight excluding hydrogens is 306 g/mol. The van der Waals surface area contributed by atoms with Crippen LogP contribution in [0, 0.1) is 5.92 Å². The second-order valence-electron chi connectivity index (χ2n) is 6.39. The van der Waals surface area contributed by atoms with E-state index in [1.807, 2.05) is 12.1 Å². The summed E-state index contributed by atoms with van der Waals surface area (Å²) < 4.78 is 0. The third-order valence-electron chi connectivity index (χ3n) is 4.72. The van der Waals surface area contributed by atoms with Crippen LogP contribution in [0.25, 0.3) is 0 Å². The second kappa shape index (κ2) is 7.65. The Balaban J connectivity index is 1.47. The van der Waals surface area contributed by atoms with Gasteiger partial charge in [-0.25, -0.2) is 0 Å². The third kappa shape index (κ3) is 4.59. The second-order valence-corrected chi connectivity index (χ2v) is 6.82. The molecule has 3 heteroatoms. The molecule has 1 aliphatic rings. The number of rotatable bonds is 4. The van der Waals surface area contributed by atoms with Crippen LogP contribution in [0.5, 0.6) is 0 Å². The Bertz CT molecular complexity index is 630. The van der Waals surface area contributed by atoms with E-state index in [2.05, 4.69) is 35.6 Å². The number of carbonyl (C=O) groups excluding carboxylic acids is 1. The molecule has 1 saturated carbocycles. The van der Waals surface area contributed by atoms with E-state index in [9.17, 15) is 4.79 Å². The summed E-state index contributed by atoms with van der Waals surface area (Å²) in [6.45, 7) is 0. The first kappa shape index (κ1) is 16.1. The van der Waals surface area contributed by atoms with Crippen molar-refractivity contribution >= 4 is 23.2 Å². The normalized spacial score (nSPS) is 20.9.